The molecule has 0 aromatic carbocycles. The number of thioether (sulfide) groups is 1. The standard InChI is InChI=1S/C13H11N3O2S.ClH/c17-13(18-8-10-1-4-14-5-2-10)11-7-16-9-15-6-3-12(16)19-11;/h1-7H,8-9H2;1H. The van der Waals surface area contributed by atoms with E-state index in [9.17, 15) is 4.79 Å². The van der Waals surface area contributed by atoms with E-state index in [1.807, 2.05) is 23.1 Å². The number of aromatic nitrogens is 1. The highest BCUT2D eigenvalue weighted by Gasteiger charge is 2.25. The van der Waals surface area contributed by atoms with Gasteiger partial charge in [0.2, 0.25) is 0 Å². The maximum atomic E-state index is 11.9. The highest BCUT2D eigenvalue weighted by atomic mass is 35.5. The second-order valence-corrected chi connectivity index (χ2v) is 5.04. The molecule has 1 aromatic rings. The van der Waals surface area contributed by atoms with Crippen molar-refractivity contribution in [1.29, 1.82) is 0 Å². The van der Waals surface area contributed by atoms with Crippen LogP contribution in [0.15, 0.2) is 51.7 Å². The third kappa shape index (κ3) is 3.20. The molecule has 104 valence electrons. The first-order valence-electron chi connectivity index (χ1n) is 5.75. The first-order chi connectivity index (χ1) is 9.33. The lowest BCUT2D eigenvalue weighted by Crippen LogP contribution is -2.14. The lowest BCUT2D eigenvalue weighted by molar-refractivity contribution is -0.139. The van der Waals surface area contributed by atoms with E-state index in [0.29, 0.717) is 11.6 Å². The van der Waals surface area contributed by atoms with Crippen molar-refractivity contribution in [3.63, 3.8) is 0 Å². The van der Waals surface area contributed by atoms with E-state index in [1.54, 1.807) is 24.8 Å². The number of fused-ring (bicyclic) bond motifs is 1. The molecule has 0 N–H and O–H groups in total. The number of ether oxygens (including phenoxy) is 1. The van der Waals surface area contributed by atoms with Crippen molar-refractivity contribution in [1.82, 2.24) is 9.88 Å². The molecular weight excluding hydrogens is 298 g/mol. The van der Waals surface area contributed by atoms with Gasteiger partial charge >= 0.3 is 5.97 Å². The number of carbonyl (C=O) groups is 1. The molecule has 0 saturated carbocycles. The number of hydrogen-bond acceptors (Lipinski definition) is 6. The van der Waals surface area contributed by atoms with Gasteiger partial charge in [-0.05, 0) is 23.8 Å². The average molecular weight is 310 g/mol. The number of allylic oxidation sites excluding steroid dienone is 1. The van der Waals surface area contributed by atoms with Gasteiger partial charge in [-0.2, -0.15) is 0 Å². The Morgan fingerprint density at radius 2 is 2.20 bits per heavy atom. The quantitative estimate of drug-likeness (QED) is 0.802. The van der Waals surface area contributed by atoms with E-state index < -0.39 is 0 Å². The molecule has 3 heterocycles. The Morgan fingerprint density at radius 3 is 2.95 bits per heavy atom. The molecule has 0 bridgehead atoms. The Labute approximate surface area is 126 Å². The van der Waals surface area contributed by atoms with Crippen LogP contribution in [0.3, 0.4) is 0 Å². The largest absolute Gasteiger partial charge is 0.457 e. The molecule has 0 atom stereocenters. The van der Waals surface area contributed by atoms with E-state index in [1.165, 1.54) is 11.8 Å². The lowest BCUT2D eigenvalue weighted by Gasteiger charge is -2.15. The van der Waals surface area contributed by atoms with Gasteiger partial charge in [-0.1, -0.05) is 11.8 Å². The summed E-state index contributed by atoms with van der Waals surface area (Å²) in [5.74, 6) is -0.308. The molecule has 0 radical (unpaired) electrons. The number of esters is 1. The topological polar surface area (TPSA) is 54.8 Å². The molecule has 0 spiro atoms. The molecule has 0 amide bonds. The fourth-order valence-corrected chi connectivity index (χ4v) is 2.59. The lowest BCUT2D eigenvalue weighted by atomic mass is 10.3. The molecule has 0 fully saturated rings. The number of halogens is 1. The maximum absolute atomic E-state index is 11.9. The van der Waals surface area contributed by atoms with Gasteiger partial charge in [0.05, 0.1) is 5.03 Å². The van der Waals surface area contributed by atoms with Crippen LogP contribution in [0.1, 0.15) is 5.56 Å². The first-order valence-corrected chi connectivity index (χ1v) is 6.57. The summed E-state index contributed by atoms with van der Waals surface area (Å²) >= 11 is 1.41. The van der Waals surface area contributed by atoms with E-state index in [2.05, 4.69) is 9.98 Å². The van der Waals surface area contributed by atoms with E-state index >= 15 is 0 Å². The first kappa shape index (κ1) is 14.6. The van der Waals surface area contributed by atoms with Crippen LogP contribution >= 0.6 is 24.2 Å². The Hall–Kier alpha value is -1.79. The molecule has 1 aromatic heterocycles. The predicted molar refractivity (Wildman–Crippen MR) is 80.2 cm³/mol. The van der Waals surface area contributed by atoms with Crippen molar-refractivity contribution in [3.05, 3.63) is 52.3 Å². The van der Waals surface area contributed by atoms with Crippen molar-refractivity contribution in [2.45, 2.75) is 6.61 Å². The predicted octanol–water partition coefficient (Wildman–Crippen LogP) is 2.32. The molecule has 20 heavy (non-hydrogen) atoms. The SMILES string of the molecule is Cl.O=C(OCc1ccncc1)C1=CN2CN=CC=C2S1. The summed E-state index contributed by atoms with van der Waals surface area (Å²) in [6.07, 6.45) is 8.76. The van der Waals surface area contributed by atoms with Crippen LogP contribution < -0.4 is 0 Å². The van der Waals surface area contributed by atoms with Crippen LogP contribution in [0, 0.1) is 0 Å². The molecule has 0 unspecified atom stereocenters. The van der Waals surface area contributed by atoms with Crippen molar-refractivity contribution in [2.75, 3.05) is 6.67 Å². The highest BCUT2D eigenvalue weighted by Crippen LogP contribution is 2.37. The average Bonchev–Trinajstić information content (AvgIpc) is 2.90. The summed E-state index contributed by atoms with van der Waals surface area (Å²) in [4.78, 5) is 22.5. The fourth-order valence-electron chi connectivity index (χ4n) is 1.69. The molecular formula is C13H12ClN3O2S. The zero-order valence-electron chi connectivity index (χ0n) is 10.4. The minimum absolute atomic E-state index is 0. The van der Waals surface area contributed by atoms with Crippen LogP contribution in [-0.4, -0.2) is 28.7 Å². The van der Waals surface area contributed by atoms with Gasteiger partial charge in [0, 0.05) is 24.8 Å². The van der Waals surface area contributed by atoms with Crippen molar-refractivity contribution >= 4 is 36.4 Å². The van der Waals surface area contributed by atoms with Crippen LogP contribution in [0.25, 0.3) is 0 Å². The van der Waals surface area contributed by atoms with Crippen molar-refractivity contribution in [2.24, 2.45) is 4.99 Å². The minimum atomic E-state index is -0.308. The van der Waals surface area contributed by atoms with E-state index in [-0.39, 0.29) is 25.0 Å². The van der Waals surface area contributed by atoms with Gasteiger partial charge < -0.3 is 9.64 Å². The Balaban J connectivity index is 0.00000147. The summed E-state index contributed by atoms with van der Waals surface area (Å²) in [6, 6.07) is 3.65. The summed E-state index contributed by atoms with van der Waals surface area (Å²) in [6.45, 7) is 0.814. The Bertz CT molecular complexity index is 587. The van der Waals surface area contributed by atoms with Gasteiger partial charge in [0.15, 0.2) is 0 Å². The monoisotopic (exact) mass is 309 g/mol. The van der Waals surface area contributed by atoms with Crippen LogP contribution in [0.5, 0.6) is 0 Å². The van der Waals surface area contributed by atoms with Gasteiger partial charge in [0.1, 0.15) is 18.2 Å². The Morgan fingerprint density at radius 1 is 1.40 bits per heavy atom. The zero-order chi connectivity index (χ0) is 13.1. The van der Waals surface area contributed by atoms with Gasteiger partial charge in [-0.15, -0.1) is 12.4 Å². The third-order valence-electron chi connectivity index (χ3n) is 2.65. The number of aliphatic imine (C=N–C) groups is 1. The van der Waals surface area contributed by atoms with Crippen molar-refractivity contribution < 1.29 is 9.53 Å². The minimum Gasteiger partial charge on any atom is -0.457 e. The maximum Gasteiger partial charge on any atom is 0.346 e. The number of hydrogen-bond donors (Lipinski definition) is 0. The van der Waals surface area contributed by atoms with Crippen LogP contribution in [-0.2, 0) is 16.1 Å². The van der Waals surface area contributed by atoms with Crippen LogP contribution in [0.2, 0.25) is 0 Å². The van der Waals surface area contributed by atoms with E-state index in [4.69, 9.17) is 4.74 Å². The molecule has 0 saturated heterocycles. The third-order valence-corrected chi connectivity index (χ3v) is 3.72. The number of rotatable bonds is 3. The molecule has 3 rings (SSSR count). The van der Waals surface area contributed by atoms with Crippen LogP contribution in [0.4, 0.5) is 0 Å². The molecule has 0 aliphatic carbocycles. The van der Waals surface area contributed by atoms with Crippen molar-refractivity contribution in [3.8, 4) is 0 Å². The highest BCUT2D eigenvalue weighted by molar-refractivity contribution is 8.07. The molecule has 2 aliphatic rings. The molecule has 7 heteroatoms. The summed E-state index contributed by atoms with van der Waals surface area (Å²) in [7, 11) is 0. The summed E-state index contributed by atoms with van der Waals surface area (Å²) < 4.78 is 5.27. The molecule has 5 nitrogen and oxygen atoms in total. The van der Waals surface area contributed by atoms with Gasteiger partial charge in [0.25, 0.3) is 0 Å². The number of carbonyl (C=O) groups excluding carboxylic acids is 1. The Kier molecular flexibility index (Phi) is 4.81. The zero-order valence-corrected chi connectivity index (χ0v) is 12.1. The number of pyridine rings is 1. The van der Waals surface area contributed by atoms with Gasteiger partial charge in [-0.3, -0.25) is 9.98 Å². The summed E-state index contributed by atoms with van der Waals surface area (Å²) in [5.41, 5.74) is 0.923. The second-order valence-electron chi connectivity index (χ2n) is 3.97. The summed E-state index contributed by atoms with van der Waals surface area (Å²) in [5, 5.41) is 1.01. The smallest absolute Gasteiger partial charge is 0.346 e. The fraction of sp³-hybridized carbons (Fsp3) is 0.154. The van der Waals surface area contributed by atoms with Gasteiger partial charge in [-0.25, -0.2) is 4.79 Å². The second kappa shape index (κ2) is 6.58. The number of nitrogens with zero attached hydrogens (tertiary/aromatic N) is 3. The molecule has 2 aliphatic heterocycles. The normalized spacial score (nSPS) is 15.9. The van der Waals surface area contributed by atoms with E-state index in [0.717, 1.165) is 10.6 Å².